The normalized spacial score (nSPS) is 18.4. The van der Waals surface area contributed by atoms with E-state index in [-0.39, 0.29) is 18.8 Å². The summed E-state index contributed by atoms with van der Waals surface area (Å²) in [5.74, 6) is -0.737. The number of alkyl halides is 3. The number of para-hydroxylation sites is 1. The summed E-state index contributed by atoms with van der Waals surface area (Å²) in [6.45, 7) is -0.593. The third-order valence-electron chi connectivity index (χ3n) is 4.16. The molecular weight excluding hydrogens is 335 g/mol. The molecule has 1 atom stereocenters. The van der Waals surface area contributed by atoms with Crippen molar-refractivity contribution >= 4 is 22.5 Å². The first kappa shape index (κ1) is 17.5. The molecule has 1 amide bonds. The number of carbonyl (C=O) groups excluding carboxylic acids is 1. The van der Waals surface area contributed by atoms with E-state index < -0.39 is 24.7 Å². The predicted octanol–water partition coefficient (Wildman–Crippen LogP) is 2.70. The number of hydrogen-bond acceptors (Lipinski definition) is 4. The number of ether oxygens (including phenoxy) is 1. The first-order chi connectivity index (χ1) is 11.8. The summed E-state index contributed by atoms with van der Waals surface area (Å²) in [5, 5.41) is 0.832. The van der Waals surface area contributed by atoms with Crippen molar-refractivity contribution in [2.24, 2.45) is 0 Å². The first-order valence-corrected chi connectivity index (χ1v) is 7.81. The Kier molecular flexibility index (Phi) is 4.55. The lowest BCUT2D eigenvalue weighted by atomic mass is 10.1. The maximum absolute atomic E-state index is 13.2. The van der Waals surface area contributed by atoms with Crippen LogP contribution in [0.3, 0.4) is 0 Å². The molecule has 1 fully saturated rings. The van der Waals surface area contributed by atoms with Crippen LogP contribution in [-0.2, 0) is 4.74 Å². The van der Waals surface area contributed by atoms with Gasteiger partial charge in [-0.3, -0.25) is 4.79 Å². The van der Waals surface area contributed by atoms with Crippen LogP contribution in [0.25, 0.3) is 10.9 Å². The molecule has 0 N–H and O–H groups in total. The van der Waals surface area contributed by atoms with E-state index in [1.807, 2.05) is 26.2 Å². The van der Waals surface area contributed by atoms with E-state index in [9.17, 15) is 18.0 Å². The zero-order valence-corrected chi connectivity index (χ0v) is 13.9. The van der Waals surface area contributed by atoms with Crippen molar-refractivity contribution in [2.45, 2.75) is 12.2 Å². The van der Waals surface area contributed by atoms with Gasteiger partial charge in [0.2, 0.25) is 0 Å². The van der Waals surface area contributed by atoms with Crippen LogP contribution in [0.2, 0.25) is 0 Å². The molecule has 0 spiro atoms. The Morgan fingerprint density at radius 1 is 1.32 bits per heavy atom. The number of hydrogen-bond donors (Lipinski definition) is 0. The van der Waals surface area contributed by atoms with Crippen molar-refractivity contribution in [2.75, 3.05) is 38.8 Å². The van der Waals surface area contributed by atoms with Crippen molar-refractivity contribution in [1.29, 1.82) is 0 Å². The van der Waals surface area contributed by atoms with Gasteiger partial charge in [-0.05, 0) is 12.1 Å². The second kappa shape index (κ2) is 6.51. The highest BCUT2D eigenvalue weighted by Gasteiger charge is 2.47. The summed E-state index contributed by atoms with van der Waals surface area (Å²) >= 11 is 0. The second-order valence-corrected chi connectivity index (χ2v) is 6.07. The number of rotatable bonds is 2. The zero-order valence-electron chi connectivity index (χ0n) is 13.9. The number of halogens is 3. The second-order valence-electron chi connectivity index (χ2n) is 6.07. The standard InChI is InChI=1S/C17H18F3N3O2/c1-22(2)14-9-13(21-12-6-4-3-5-11(12)14)16(24)23-7-8-25-10-15(23)17(18,19)20/h3-6,9,15H,7-8,10H2,1-2H3. The number of pyridine rings is 1. The Bertz CT molecular complexity index is 792. The van der Waals surface area contributed by atoms with E-state index in [0.717, 1.165) is 16.0 Å². The topological polar surface area (TPSA) is 45.7 Å². The van der Waals surface area contributed by atoms with E-state index in [1.54, 1.807) is 17.0 Å². The monoisotopic (exact) mass is 353 g/mol. The van der Waals surface area contributed by atoms with E-state index in [1.165, 1.54) is 6.07 Å². The lowest BCUT2D eigenvalue weighted by Gasteiger charge is -2.36. The average Bonchev–Trinajstić information content (AvgIpc) is 2.59. The number of amides is 1. The molecule has 134 valence electrons. The van der Waals surface area contributed by atoms with E-state index in [4.69, 9.17) is 4.74 Å². The molecule has 3 rings (SSSR count). The van der Waals surface area contributed by atoms with Crippen LogP contribution < -0.4 is 4.90 Å². The highest BCUT2D eigenvalue weighted by Crippen LogP contribution is 2.30. The molecule has 8 heteroatoms. The molecule has 0 saturated carbocycles. The number of nitrogens with zero attached hydrogens (tertiary/aromatic N) is 3. The average molecular weight is 353 g/mol. The SMILES string of the molecule is CN(C)c1cc(C(=O)N2CCOCC2C(F)(F)F)nc2ccccc12. The zero-order chi connectivity index (χ0) is 18.2. The largest absolute Gasteiger partial charge is 0.411 e. The maximum Gasteiger partial charge on any atom is 0.411 e. The van der Waals surface area contributed by atoms with Gasteiger partial charge in [0.25, 0.3) is 5.91 Å². The highest BCUT2D eigenvalue weighted by molar-refractivity contribution is 6.00. The molecular formula is C17H18F3N3O2. The minimum atomic E-state index is -4.54. The molecule has 0 radical (unpaired) electrons. The summed E-state index contributed by atoms with van der Waals surface area (Å²) in [5.41, 5.74) is 1.29. The Morgan fingerprint density at radius 3 is 2.72 bits per heavy atom. The van der Waals surface area contributed by atoms with Gasteiger partial charge in [0.05, 0.1) is 18.7 Å². The maximum atomic E-state index is 13.2. The number of fused-ring (bicyclic) bond motifs is 1. The third-order valence-corrected chi connectivity index (χ3v) is 4.16. The van der Waals surface area contributed by atoms with Crippen LogP contribution in [0.5, 0.6) is 0 Å². The number of anilines is 1. The molecule has 1 saturated heterocycles. The summed E-state index contributed by atoms with van der Waals surface area (Å²) in [6.07, 6.45) is -4.54. The number of morpholine rings is 1. The van der Waals surface area contributed by atoms with Crippen molar-refractivity contribution in [1.82, 2.24) is 9.88 Å². The fraction of sp³-hybridized carbons (Fsp3) is 0.412. The van der Waals surface area contributed by atoms with Crippen LogP contribution in [0.1, 0.15) is 10.5 Å². The molecule has 5 nitrogen and oxygen atoms in total. The number of carbonyl (C=O) groups is 1. The van der Waals surface area contributed by atoms with Crippen molar-refractivity contribution in [3.05, 3.63) is 36.0 Å². The van der Waals surface area contributed by atoms with Crippen molar-refractivity contribution in [3.63, 3.8) is 0 Å². The fourth-order valence-electron chi connectivity index (χ4n) is 2.90. The van der Waals surface area contributed by atoms with Gasteiger partial charge in [0.1, 0.15) is 5.69 Å². The Labute approximate surface area is 143 Å². The van der Waals surface area contributed by atoms with Gasteiger partial charge >= 0.3 is 6.18 Å². The van der Waals surface area contributed by atoms with Gasteiger partial charge in [-0.1, -0.05) is 18.2 Å². The molecule has 1 aliphatic rings. The Hall–Kier alpha value is -2.35. The summed E-state index contributed by atoms with van der Waals surface area (Å²) in [4.78, 5) is 19.7. The summed E-state index contributed by atoms with van der Waals surface area (Å²) in [6, 6.07) is 6.80. The molecule has 25 heavy (non-hydrogen) atoms. The molecule has 2 heterocycles. The van der Waals surface area contributed by atoms with Crippen LogP contribution in [-0.4, -0.2) is 61.9 Å². The number of aromatic nitrogens is 1. The fourth-order valence-corrected chi connectivity index (χ4v) is 2.90. The molecule has 0 bridgehead atoms. The molecule has 1 aromatic carbocycles. The van der Waals surface area contributed by atoms with Crippen molar-refractivity contribution in [3.8, 4) is 0 Å². The number of benzene rings is 1. The minimum absolute atomic E-state index is 0.00134. The first-order valence-electron chi connectivity index (χ1n) is 7.81. The molecule has 2 aromatic rings. The van der Waals surface area contributed by atoms with Gasteiger partial charge in [0, 0.05) is 31.7 Å². The lowest BCUT2D eigenvalue weighted by molar-refractivity contribution is -0.202. The van der Waals surface area contributed by atoms with Crippen LogP contribution in [0, 0.1) is 0 Å². The molecule has 1 aliphatic heterocycles. The van der Waals surface area contributed by atoms with Gasteiger partial charge in [-0.25, -0.2) is 4.98 Å². The Morgan fingerprint density at radius 2 is 2.04 bits per heavy atom. The predicted molar refractivity (Wildman–Crippen MR) is 87.8 cm³/mol. The lowest BCUT2D eigenvalue weighted by Crippen LogP contribution is -2.55. The molecule has 1 aromatic heterocycles. The van der Waals surface area contributed by atoms with Crippen LogP contribution in [0.4, 0.5) is 18.9 Å². The van der Waals surface area contributed by atoms with Gasteiger partial charge in [-0.15, -0.1) is 0 Å². The van der Waals surface area contributed by atoms with E-state index in [2.05, 4.69) is 4.98 Å². The molecule has 0 aliphatic carbocycles. The minimum Gasteiger partial charge on any atom is -0.377 e. The summed E-state index contributed by atoms with van der Waals surface area (Å²) in [7, 11) is 3.62. The quantitative estimate of drug-likeness (QED) is 0.833. The van der Waals surface area contributed by atoms with Gasteiger partial charge in [0.15, 0.2) is 6.04 Å². The highest BCUT2D eigenvalue weighted by atomic mass is 19.4. The van der Waals surface area contributed by atoms with Crippen LogP contribution >= 0.6 is 0 Å². The van der Waals surface area contributed by atoms with Gasteiger partial charge in [-0.2, -0.15) is 13.2 Å². The summed E-state index contributed by atoms with van der Waals surface area (Å²) < 4.78 is 44.6. The van der Waals surface area contributed by atoms with Gasteiger partial charge < -0.3 is 14.5 Å². The van der Waals surface area contributed by atoms with E-state index in [0.29, 0.717) is 5.52 Å². The van der Waals surface area contributed by atoms with Crippen molar-refractivity contribution < 1.29 is 22.7 Å². The van der Waals surface area contributed by atoms with Crippen LogP contribution in [0.15, 0.2) is 30.3 Å². The third kappa shape index (κ3) is 3.39. The smallest absolute Gasteiger partial charge is 0.377 e. The van der Waals surface area contributed by atoms with E-state index >= 15 is 0 Å². The molecule has 1 unspecified atom stereocenters. The Balaban J connectivity index is 2.04.